The van der Waals surface area contributed by atoms with Gasteiger partial charge in [0.15, 0.2) is 5.16 Å². The van der Waals surface area contributed by atoms with E-state index in [1.54, 1.807) is 17.1 Å². The molecule has 0 saturated heterocycles. The van der Waals surface area contributed by atoms with Crippen LogP contribution in [0.15, 0.2) is 28.9 Å². The molecule has 0 amide bonds. The normalized spacial score (nSPS) is 10.5. The van der Waals surface area contributed by atoms with Gasteiger partial charge in [0.2, 0.25) is 0 Å². The highest BCUT2D eigenvalue weighted by molar-refractivity contribution is 7.99. The van der Waals surface area contributed by atoms with E-state index in [-0.39, 0.29) is 0 Å². The van der Waals surface area contributed by atoms with E-state index in [2.05, 4.69) is 20.1 Å². The van der Waals surface area contributed by atoms with Crippen LogP contribution in [0.5, 0.6) is 0 Å². The lowest BCUT2D eigenvalue weighted by molar-refractivity contribution is 0.684. The van der Waals surface area contributed by atoms with Gasteiger partial charge in [-0.05, 0) is 11.8 Å². The summed E-state index contributed by atoms with van der Waals surface area (Å²) in [6.45, 7) is 0.369. The summed E-state index contributed by atoms with van der Waals surface area (Å²) in [7, 11) is 1.83. The molecule has 0 saturated carbocycles. The Bertz CT molecular complexity index is 454. The van der Waals surface area contributed by atoms with Crippen LogP contribution in [0.1, 0.15) is 5.69 Å². The van der Waals surface area contributed by atoms with Gasteiger partial charge in [0.1, 0.15) is 11.4 Å². The zero-order valence-electron chi connectivity index (χ0n) is 8.16. The Morgan fingerprint density at radius 1 is 1.33 bits per heavy atom. The fourth-order valence-corrected chi connectivity index (χ4v) is 1.86. The SMILES string of the molecule is Cn1ncnc1Sc1nccnc1CN. The van der Waals surface area contributed by atoms with Gasteiger partial charge in [0.05, 0.1) is 5.69 Å². The van der Waals surface area contributed by atoms with E-state index in [4.69, 9.17) is 5.73 Å². The summed E-state index contributed by atoms with van der Waals surface area (Å²) in [5, 5.41) is 5.52. The van der Waals surface area contributed by atoms with Crippen LogP contribution in [0.2, 0.25) is 0 Å². The molecule has 0 fully saturated rings. The van der Waals surface area contributed by atoms with Gasteiger partial charge in [0.25, 0.3) is 0 Å². The minimum atomic E-state index is 0.369. The van der Waals surface area contributed by atoms with Crippen molar-refractivity contribution in [3.63, 3.8) is 0 Å². The predicted octanol–water partition coefficient (Wildman–Crippen LogP) is 0.215. The molecule has 0 aromatic carbocycles. The van der Waals surface area contributed by atoms with Crippen molar-refractivity contribution in [2.45, 2.75) is 16.7 Å². The summed E-state index contributed by atoms with van der Waals surface area (Å²) in [6.07, 6.45) is 4.77. The second-order valence-electron chi connectivity index (χ2n) is 2.78. The van der Waals surface area contributed by atoms with Crippen LogP contribution in [-0.4, -0.2) is 24.7 Å². The molecule has 2 rings (SSSR count). The topological polar surface area (TPSA) is 82.5 Å². The molecule has 0 radical (unpaired) electrons. The average molecular weight is 222 g/mol. The van der Waals surface area contributed by atoms with Crippen molar-refractivity contribution in [2.75, 3.05) is 0 Å². The molecule has 2 heterocycles. The van der Waals surface area contributed by atoms with Crippen LogP contribution >= 0.6 is 11.8 Å². The maximum absolute atomic E-state index is 5.56. The van der Waals surface area contributed by atoms with Gasteiger partial charge in [-0.2, -0.15) is 5.10 Å². The van der Waals surface area contributed by atoms with Crippen molar-refractivity contribution >= 4 is 11.8 Å². The van der Waals surface area contributed by atoms with Gasteiger partial charge < -0.3 is 5.73 Å². The van der Waals surface area contributed by atoms with Crippen molar-refractivity contribution in [1.29, 1.82) is 0 Å². The van der Waals surface area contributed by atoms with Crippen molar-refractivity contribution in [1.82, 2.24) is 24.7 Å². The minimum Gasteiger partial charge on any atom is -0.325 e. The fourth-order valence-electron chi connectivity index (χ4n) is 1.04. The summed E-state index contributed by atoms with van der Waals surface area (Å²) < 4.78 is 1.68. The van der Waals surface area contributed by atoms with Crippen molar-refractivity contribution < 1.29 is 0 Å². The second kappa shape index (κ2) is 4.37. The highest BCUT2D eigenvalue weighted by Crippen LogP contribution is 2.24. The third-order valence-corrected chi connectivity index (χ3v) is 2.87. The molecule has 15 heavy (non-hydrogen) atoms. The number of hydrogen-bond donors (Lipinski definition) is 1. The summed E-state index contributed by atoms with van der Waals surface area (Å²) >= 11 is 1.41. The van der Waals surface area contributed by atoms with Crippen LogP contribution in [0.4, 0.5) is 0 Å². The lowest BCUT2D eigenvalue weighted by Gasteiger charge is -2.03. The molecule has 0 aliphatic carbocycles. The zero-order valence-corrected chi connectivity index (χ0v) is 8.98. The molecule has 0 spiro atoms. The quantitative estimate of drug-likeness (QED) is 0.799. The van der Waals surface area contributed by atoms with Crippen molar-refractivity contribution in [2.24, 2.45) is 12.8 Å². The first kappa shape index (κ1) is 10.1. The maximum Gasteiger partial charge on any atom is 0.192 e. The Kier molecular flexibility index (Phi) is 2.93. The summed E-state index contributed by atoms with van der Waals surface area (Å²) in [4.78, 5) is 12.4. The molecule has 2 aromatic heterocycles. The molecule has 78 valence electrons. The van der Waals surface area contributed by atoms with E-state index >= 15 is 0 Å². The van der Waals surface area contributed by atoms with E-state index in [1.807, 2.05) is 7.05 Å². The van der Waals surface area contributed by atoms with E-state index in [0.717, 1.165) is 15.9 Å². The summed E-state index contributed by atoms with van der Waals surface area (Å²) in [6, 6.07) is 0. The molecular weight excluding hydrogens is 212 g/mol. The Balaban J connectivity index is 2.28. The van der Waals surface area contributed by atoms with Crippen molar-refractivity contribution in [3.8, 4) is 0 Å². The van der Waals surface area contributed by atoms with E-state index in [0.29, 0.717) is 6.54 Å². The Morgan fingerprint density at radius 2 is 2.13 bits per heavy atom. The van der Waals surface area contributed by atoms with Crippen LogP contribution in [0.3, 0.4) is 0 Å². The largest absolute Gasteiger partial charge is 0.325 e. The maximum atomic E-state index is 5.56. The van der Waals surface area contributed by atoms with Crippen LogP contribution in [-0.2, 0) is 13.6 Å². The van der Waals surface area contributed by atoms with Gasteiger partial charge in [0, 0.05) is 26.0 Å². The highest BCUT2D eigenvalue weighted by atomic mass is 32.2. The third-order valence-electron chi connectivity index (χ3n) is 1.79. The molecule has 0 bridgehead atoms. The number of hydrogen-bond acceptors (Lipinski definition) is 6. The molecule has 0 unspecified atom stereocenters. The van der Waals surface area contributed by atoms with E-state index in [1.165, 1.54) is 18.1 Å². The standard InChI is InChI=1S/C8H10N6S/c1-14-8(12-5-13-14)15-7-6(4-9)10-2-3-11-7/h2-3,5H,4,9H2,1H3. The van der Waals surface area contributed by atoms with E-state index < -0.39 is 0 Å². The van der Waals surface area contributed by atoms with Crippen LogP contribution in [0.25, 0.3) is 0 Å². The molecule has 0 aliphatic rings. The third kappa shape index (κ3) is 2.13. The minimum absolute atomic E-state index is 0.369. The second-order valence-corrected chi connectivity index (χ2v) is 3.74. The lowest BCUT2D eigenvalue weighted by atomic mass is 10.5. The van der Waals surface area contributed by atoms with Gasteiger partial charge in [-0.25, -0.2) is 14.6 Å². The first-order valence-electron chi connectivity index (χ1n) is 4.33. The first-order chi connectivity index (χ1) is 7.31. The Hall–Kier alpha value is -1.47. The molecule has 2 aromatic rings. The number of rotatable bonds is 3. The van der Waals surface area contributed by atoms with Crippen LogP contribution < -0.4 is 5.73 Å². The van der Waals surface area contributed by atoms with Crippen LogP contribution in [0, 0.1) is 0 Å². The fraction of sp³-hybridized carbons (Fsp3) is 0.250. The molecule has 7 heteroatoms. The number of aryl methyl sites for hydroxylation is 1. The number of aromatic nitrogens is 5. The van der Waals surface area contributed by atoms with Gasteiger partial charge in [-0.3, -0.25) is 4.98 Å². The molecule has 0 atom stereocenters. The Morgan fingerprint density at radius 3 is 2.80 bits per heavy atom. The predicted molar refractivity (Wildman–Crippen MR) is 55.0 cm³/mol. The van der Waals surface area contributed by atoms with Gasteiger partial charge in [-0.1, -0.05) is 0 Å². The number of nitrogens with zero attached hydrogens (tertiary/aromatic N) is 5. The molecule has 2 N–H and O–H groups in total. The average Bonchev–Trinajstić information content (AvgIpc) is 2.65. The molecular formula is C8H10N6S. The lowest BCUT2D eigenvalue weighted by Crippen LogP contribution is -2.03. The smallest absolute Gasteiger partial charge is 0.192 e. The van der Waals surface area contributed by atoms with E-state index in [9.17, 15) is 0 Å². The molecule has 6 nitrogen and oxygen atoms in total. The summed E-state index contributed by atoms with van der Waals surface area (Å²) in [5.74, 6) is 0. The van der Waals surface area contributed by atoms with Gasteiger partial charge in [-0.15, -0.1) is 0 Å². The molecule has 0 aliphatic heterocycles. The monoisotopic (exact) mass is 222 g/mol. The zero-order chi connectivity index (χ0) is 10.7. The highest BCUT2D eigenvalue weighted by Gasteiger charge is 2.08. The van der Waals surface area contributed by atoms with Gasteiger partial charge >= 0.3 is 0 Å². The summed E-state index contributed by atoms with van der Waals surface area (Å²) in [5.41, 5.74) is 6.33. The van der Waals surface area contributed by atoms with Crippen molar-refractivity contribution in [3.05, 3.63) is 24.4 Å². The first-order valence-corrected chi connectivity index (χ1v) is 5.14. The Labute approximate surface area is 90.9 Å². The number of nitrogens with two attached hydrogens (primary N) is 1.